The van der Waals surface area contributed by atoms with Gasteiger partial charge in [0, 0.05) is 11.1 Å². The highest BCUT2D eigenvalue weighted by Crippen LogP contribution is 2.29. The van der Waals surface area contributed by atoms with Crippen molar-refractivity contribution >= 4 is 11.3 Å². The van der Waals surface area contributed by atoms with Crippen LogP contribution in [0.2, 0.25) is 0 Å². The Morgan fingerprint density at radius 1 is 1.62 bits per heavy atom. The molecule has 0 saturated heterocycles. The van der Waals surface area contributed by atoms with Gasteiger partial charge in [-0.25, -0.2) is 4.98 Å². The van der Waals surface area contributed by atoms with Crippen LogP contribution in [0.25, 0.3) is 0 Å². The molecule has 1 heterocycles. The molecular weight excluding hydrogens is 178 g/mol. The quantitative estimate of drug-likeness (QED) is 0.671. The zero-order valence-corrected chi connectivity index (χ0v) is 9.19. The Balaban J connectivity index is 2.78. The van der Waals surface area contributed by atoms with Crippen LogP contribution >= 0.6 is 11.3 Å². The summed E-state index contributed by atoms with van der Waals surface area (Å²) in [7, 11) is 0. The van der Waals surface area contributed by atoms with E-state index in [1.54, 1.807) is 11.3 Å². The Kier molecular flexibility index (Phi) is 3.50. The van der Waals surface area contributed by atoms with Crippen molar-refractivity contribution in [1.82, 2.24) is 4.98 Å². The highest BCUT2D eigenvalue weighted by Gasteiger charge is 2.14. The van der Waals surface area contributed by atoms with Gasteiger partial charge < -0.3 is 0 Å². The topological polar surface area (TPSA) is 12.9 Å². The summed E-state index contributed by atoms with van der Waals surface area (Å²) in [4.78, 5) is 5.46. The van der Waals surface area contributed by atoms with Crippen molar-refractivity contribution in [3.63, 3.8) is 0 Å². The zero-order valence-electron chi connectivity index (χ0n) is 8.37. The minimum absolute atomic E-state index is 0.574. The summed E-state index contributed by atoms with van der Waals surface area (Å²) in [6.45, 7) is 6.71. The van der Waals surface area contributed by atoms with Crippen molar-refractivity contribution < 1.29 is 0 Å². The average Bonchev–Trinajstić information content (AvgIpc) is 2.63. The number of hydrogen-bond acceptors (Lipinski definition) is 2. The number of nitrogens with zero attached hydrogens (tertiary/aromatic N) is 1. The second kappa shape index (κ2) is 4.43. The zero-order chi connectivity index (χ0) is 9.84. The molecule has 1 rings (SSSR count). The van der Waals surface area contributed by atoms with Crippen LogP contribution in [0.3, 0.4) is 0 Å². The first-order chi connectivity index (χ1) is 6.19. The summed E-state index contributed by atoms with van der Waals surface area (Å²) in [5, 5.41) is 0.796. The van der Waals surface area contributed by atoms with E-state index < -0.39 is 0 Å². The van der Waals surface area contributed by atoms with Crippen molar-refractivity contribution in [3.05, 3.63) is 16.1 Å². The molecule has 0 aliphatic heterocycles. The van der Waals surface area contributed by atoms with Gasteiger partial charge in [0.15, 0.2) is 5.01 Å². The maximum absolute atomic E-state index is 5.27. The van der Waals surface area contributed by atoms with Crippen LogP contribution in [0.5, 0.6) is 0 Å². The second-order valence-corrected chi connectivity index (χ2v) is 4.45. The minimum Gasteiger partial charge on any atom is -0.236 e. The number of thiazole rings is 1. The first-order valence-electron chi connectivity index (χ1n) is 4.61. The molecule has 1 nitrogen and oxygen atoms in total. The monoisotopic (exact) mass is 193 g/mol. The third-order valence-electron chi connectivity index (χ3n) is 2.59. The Labute approximate surface area is 84.2 Å². The van der Waals surface area contributed by atoms with E-state index in [4.69, 9.17) is 6.42 Å². The summed E-state index contributed by atoms with van der Waals surface area (Å²) in [6, 6.07) is 0. The molecule has 0 aliphatic carbocycles. The minimum atomic E-state index is 0.574. The SMILES string of the molecule is C#Cc1ncc(C(C)C(C)CC)s1. The molecule has 0 spiro atoms. The van der Waals surface area contributed by atoms with E-state index in [0.29, 0.717) is 11.8 Å². The molecule has 1 aromatic heterocycles. The Bertz CT molecular complexity index is 308. The fraction of sp³-hybridized carbons (Fsp3) is 0.545. The number of aromatic nitrogens is 1. The summed E-state index contributed by atoms with van der Waals surface area (Å²) in [6.07, 6.45) is 8.38. The molecule has 2 heteroatoms. The summed E-state index contributed by atoms with van der Waals surface area (Å²) in [5.74, 6) is 3.84. The fourth-order valence-corrected chi connectivity index (χ4v) is 2.11. The van der Waals surface area contributed by atoms with E-state index in [2.05, 4.69) is 31.7 Å². The van der Waals surface area contributed by atoms with E-state index in [9.17, 15) is 0 Å². The summed E-state index contributed by atoms with van der Waals surface area (Å²) in [5.41, 5.74) is 0. The normalized spacial score (nSPS) is 14.9. The summed E-state index contributed by atoms with van der Waals surface area (Å²) >= 11 is 1.64. The van der Waals surface area contributed by atoms with Crippen molar-refractivity contribution in [2.24, 2.45) is 5.92 Å². The van der Waals surface area contributed by atoms with Crippen LogP contribution in [0.1, 0.15) is 43.0 Å². The number of rotatable bonds is 3. The molecule has 0 amide bonds. The molecular formula is C11H15NS. The molecule has 13 heavy (non-hydrogen) atoms. The molecule has 1 aromatic rings. The lowest BCUT2D eigenvalue weighted by Crippen LogP contribution is -2.02. The molecule has 0 saturated carbocycles. The average molecular weight is 193 g/mol. The van der Waals surface area contributed by atoms with Crippen LogP contribution in [0.4, 0.5) is 0 Å². The second-order valence-electron chi connectivity index (χ2n) is 3.39. The molecule has 0 fully saturated rings. The van der Waals surface area contributed by atoms with E-state index in [0.717, 1.165) is 5.01 Å². The molecule has 0 aromatic carbocycles. The molecule has 0 aliphatic rings. The van der Waals surface area contributed by atoms with Gasteiger partial charge in [0.2, 0.25) is 0 Å². The highest BCUT2D eigenvalue weighted by molar-refractivity contribution is 7.12. The predicted octanol–water partition coefficient (Wildman–Crippen LogP) is 3.27. The predicted molar refractivity (Wildman–Crippen MR) is 57.9 cm³/mol. The van der Waals surface area contributed by atoms with Gasteiger partial charge in [0.25, 0.3) is 0 Å². The third-order valence-corrected chi connectivity index (χ3v) is 3.72. The number of terminal acetylenes is 1. The molecule has 2 atom stereocenters. The van der Waals surface area contributed by atoms with E-state index in [-0.39, 0.29) is 0 Å². The third kappa shape index (κ3) is 2.32. The standard InChI is InChI=1S/C11H15NS/c1-5-8(3)9(4)10-7-12-11(6-2)13-10/h2,7-9H,5H2,1,3-4H3. The van der Waals surface area contributed by atoms with E-state index in [1.165, 1.54) is 11.3 Å². The number of hydrogen-bond donors (Lipinski definition) is 0. The van der Waals surface area contributed by atoms with Crippen LogP contribution < -0.4 is 0 Å². The lowest BCUT2D eigenvalue weighted by Gasteiger charge is -2.15. The fourth-order valence-electron chi connectivity index (χ4n) is 1.20. The van der Waals surface area contributed by atoms with E-state index >= 15 is 0 Å². The van der Waals surface area contributed by atoms with Crippen LogP contribution in [0.15, 0.2) is 6.20 Å². The van der Waals surface area contributed by atoms with Crippen molar-refractivity contribution in [3.8, 4) is 12.3 Å². The molecule has 0 N–H and O–H groups in total. The Morgan fingerprint density at radius 2 is 2.31 bits per heavy atom. The van der Waals surface area contributed by atoms with Crippen molar-refractivity contribution in [2.75, 3.05) is 0 Å². The molecule has 0 radical (unpaired) electrons. The smallest absolute Gasteiger partial charge is 0.166 e. The van der Waals surface area contributed by atoms with Crippen LogP contribution in [-0.2, 0) is 0 Å². The first kappa shape index (κ1) is 10.3. The van der Waals surface area contributed by atoms with Gasteiger partial charge in [-0.1, -0.05) is 27.2 Å². The lowest BCUT2D eigenvalue weighted by atomic mass is 9.93. The van der Waals surface area contributed by atoms with Gasteiger partial charge in [-0.05, 0) is 17.8 Å². The van der Waals surface area contributed by atoms with Gasteiger partial charge in [0.1, 0.15) is 0 Å². The molecule has 2 unspecified atom stereocenters. The molecule has 0 bridgehead atoms. The maximum Gasteiger partial charge on any atom is 0.166 e. The van der Waals surface area contributed by atoms with Gasteiger partial charge in [-0.3, -0.25) is 0 Å². The summed E-state index contributed by atoms with van der Waals surface area (Å²) < 4.78 is 0. The Morgan fingerprint density at radius 3 is 2.77 bits per heavy atom. The first-order valence-corrected chi connectivity index (χ1v) is 5.43. The molecule has 70 valence electrons. The van der Waals surface area contributed by atoms with Gasteiger partial charge in [-0.15, -0.1) is 17.8 Å². The van der Waals surface area contributed by atoms with Gasteiger partial charge >= 0.3 is 0 Å². The largest absolute Gasteiger partial charge is 0.236 e. The van der Waals surface area contributed by atoms with Crippen molar-refractivity contribution in [2.45, 2.75) is 33.1 Å². The highest BCUT2D eigenvalue weighted by atomic mass is 32.1. The maximum atomic E-state index is 5.27. The van der Waals surface area contributed by atoms with Crippen molar-refractivity contribution in [1.29, 1.82) is 0 Å². The Hall–Kier alpha value is -0.810. The van der Waals surface area contributed by atoms with Crippen LogP contribution in [-0.4, -0.2) is 4.98 Å². The van der Waals surface area contributed by atoms with Gasteiger partial charge in [0.05, 0.1) is 0 Å². The van der Waals surface area contributed by atoms with Gasteiger partial charge in [-0.2, -0.15) is 0 Å². The lowest BCUT2D eigenvalue weighted by molar-refractivity contribution is 0.478. The van der Waals surface area contributed by atoms with Crippen LogP contribution in [0, 0.1) is 18.3 Å². The van der Waals surface area contributed by atoms with E-state index in [1.807, 2.05) is 6.20 Å².